The minimum Gasteiger partial charge on any atom is -0.333 e. The van der Waals surface area contributed by atoms with Crippen molar-refractivity contribution in [2.75, 3.05) is 26.7 Å². The topological polar surface area (TPSA) is 65.1 Å². The molecule has 0 aliphatic carbocycles. The fourth-order valence-electron chi connectivity index (χ4n) is 4.03. The van der Waals surface area contributed by atoms with Crippen molar-refractivity contribution in [1.29, 1.82) is 0 Å². The summed E-state index contributed by atoms with van der Waals surface area (Å²) in [5.74, 6) is 0.140. The van der Waals surface area contributed by atoms with Gasteiger partial charge in [0.2, 0.25) is 0 Å². The highest BCUT2D eigenvalue weighted by molar-refractivity contribution is 6.07. The van der Waals surface area contributed by atoms with Gasteiger partial charge in [-0.05, 0) is 46.2 Å². The fraction of sp³-hybridized carbons (Fsp3) is 0.588. The zero-order valence-corrected chi connectivity index (χ0v) is 14.0. The molecule has 4 heterocycles. The number of piperidine rings is 1. The second kappa shape index (κ2) is 5.03. The van der Waals surface area contributed by atoms with E-state index in [-0.39, 0.29) is 11.4 Å². The van der Waals surface area contributed by atoms with Crippen LogP contribution in [0.3, 0.4) is 0 Å². The summed E-state index contributed by atoms with van der Waals surface area (Å²) in [4.78, 5) is 22.1. The van der Waals surface area contributed by atoms with Crippen LogP contribution in [-0.4, -0.2) is 63.1 Å². The summed E-state index contributed by atoms with van der Waals surface area (Å²) in [5, 5.41) is 8.06. The molecule has 2 aromatic heterocycles. The van der Waals surface area contributed by atoms with Crippen molar-refractivity contribution in [2.45, 2.75) is 38.6 Å². The molecule has 0 unspecified atom stereocenters. The van der Waals surface area contributed by atoms with Gasteiger partial charge in [0.1, 0.15) is 0 Å². The van der Waals surface area contributed by atoms with Crippen LogP contribution in [0.25, 0.3) is 11.0 Å². The molecule has 6 nitrogen and oxygen atoms in total. The molecule has 0 atom stereocenters. The molecule has 0 bridgehead atoms. The van der Waals surface area contributed by atoms with Crippen LogP contribution in [-0.2, 0) is 0 Å². The van der Waals surface area contributed by atoms with Gasteiger partial charge in [-0.2, -0.15) is 5.10 Å². The van der Waals surface area contributed by atoms with Gasteiger partial charge in [0, 0.05) is 36.6 Å². The molecule has 0 radical (unpaired) electrons. The van der Waals surface area contributed by atoms with Gasteiger partial charge in [-0.1, -0.05) is 0 Å². The van der Waals surface area contributed by atoms with Gasteiger partial charge in [0.25, 0.3) is 5.91 Å². The molecule has 122 valence electrons. The van der Waals surface area contributed by atoms with E-state index >= 15 is 0 Å². The van der Waals surface area contributed by atoms with Gasteiger partial charge in [-0.25, -0.2) is 4.98 Å². The van der Waals surface area contributed by atoms with Crippen LogP contribution >= 0.6 is 0 Å². The molecular weight excluding hydrogens is 290 g/mol. The average molecular weight is 313 g/mol. The van der Waals surface area contributed by atoms with Crippen LogP contribution in [0.15, 0.2) is 6.07 Å². The Hall–Kier alpha value is -1.95. The van der Waals surface area contributed by atoms with Crippen molar-refractivity contribution in [3.05, 3.63) is 23.0 Å². The quantitative estimate of drug-likeness (QED) is 0.873. The number of carbonyl (C=O) groups excluding carboxylic acids is 1. The number of amides is 1. The monoisotopic (exact) mass is 313 g/mol. The third-order valence-corrected chi connectivity index (χ3v) is 5.60. The van der Waals surface area contributed by atoms with Crippen molar-refractivity contribution in [3.8, 4) is 0 Å². The highest BCUT2D eigenvalue weighted by Gasteiger charge is 2.48. The van der Waals surface area contributed by atoms with Crippen LogP contribution in [0.1, 0.15) is 41.0 Å². The highest BCUT2D eigenvalue weighted by Crippen LogP contribution is 2.41. The maximum atomic E-state index is 13.2. The molecule has 2 fully saturated rings. The van der Waals surface area contributed by atoms with Crippen molar-refractivity contribution < 1.29 is 4.79 Å². The SMILES string of the molecule is Cc1cc(C(=O)N2CCC23CCN(C)CC3)c2c(C)[nH]nc2n1. The molecule has 2 aliphatic rings. The fourth-order valence-corrected chi connectivity index (χ4v) is 4.03. The van der Waals surface area contributed by atoms with E-state index in [1.165, 1.54) is 0 Å². The Balaban J connectivity index is 1.71. The number of likely N-dealkylation sites (tertiary alicyclic amines) is 2. The van der Waals surface area contributed by atoms with E-state index in [1.807, 2.05) is 19.9 Å². The molecule has 1 amide bonds. The summed E-state index contributed by atoms with van der Waals surface area (Å²) < 4.78 is 0. The molecular formula is C17H23N5O. The van der Waals surface area contributed by atoms with E-state index in [0.29, 0.717) is 5.65 Å². The number of nitrogens with one attached hydrogen (secondary N) is 1. The lowest BCUT2D eigenvalue weighted by atomic mass is 9.76. The minimum absolute atomic E-state index is 0.0741. The van der Waals surface area contributed by atoms with Crippen LogP contribution in [0, 0.1) is 13.8 Å². The second-order valence-electron chi connectivity index (χ2n) is 7.09. The molecule has 0 aromatic carbocycles. The highest BCUT2D eigenvalue weighted by atomic mass is 16.2. The van der Waals surface area contributed by atoms with E-state index in [1.54, 1.807) is 0 Å². The second-order valence-corrected chi connectivity index (χ2v) is 7.09. The number of fused-ring (bicyclic) bond motifs is 1. The molecule has 4 rings (SSSR count). The third-order valence-electron chi connectivity index (χ3n) is 5.60. The summed E-state index contributed by atoms with van der Waals surface area (Å²) in [6, 6.07) is 1.91. The van der Waals surface area contributed by atoms with Gasteiger partial charge in [-0.15, -0.1) is 0 Å². The zero-order valence-electron chi connectivity index (χ0n) is 14.0. The van der Waals surface area contributed by atoms with Crippen LogP contribution in [0.2, 0.25) is 0 Å². The first-order chi connectivity index (χ1) is 11.0. The molecule has 23 heavy (non-hydrogen) atoms. The van der Waals surface area contributed by atoms with E-state index in [2.05, 4.69) is 32.0 Å². The molecule has 6 heteroatoms. The molecule has 2 aliphatic heterocycles. The Kier molecular flexibility index (Phi) is 3.20. The van der Waals surface area contributed by atoms with Crippen molar-refractivity contribution >= 4 is 16.9 Å². The maximum absolute atomic E-state index is 13.2. The number of nitrogens with zero attached hydrogens (tertiary/aromatic N) is 4. The Morgan fingerprint density at radius 2 is 1.91 bits per heavy atom. The van der Waals surface area contributed by atoms with Crippen molar-refractivity contribution in [3.63, 3.8) is 0 Å². The van der Waals surface area contributed by atoms with Gasteiger partial charge in [0.05, 0.1) is 10.9 Å². The first kappa shape index (κ1) is 14.6. The largest absolute Gasteiger partial charge is 0.333 e. The molecule has 2 aromatic rings. The maximum Gasteiger partial charge on any atom is 0.255 e. The first-order valence-electron chi connectivity index (χ1n) is 8.33. The summed E-state index contributed by atoms with van der Waals surface area (Å²) >= 11 is 0. The summed E-state index contributed by atoms with van der Waals surface area (Å²) in [7, 11) is 2.16. The summed E-state index contributed by atoms with van der Waals surface area (Å²) in [6.45, 7) is 6.87. The Morgan fingerprint density at radius 3 is 2.57 bits per heavy atom. The average Bonchev–Trinajstić information content (AvgIpc) is 2.87. The number of carbonyl (C=O) groups is 1. The normalized spacial score (nSPS) is 20.9. The van der Waals surface area contributed by atoms with Gasteiger partial charge in [-0.3, -0.25) is 9.89 Å². The first-order valence-corrected chi connectivity index (χ1v) is 8.33. The van der Waals surface area contributed by atoms with Gasteiger partial charge < -0.3 is 9.80 Å². The lowest BCUT2D eigenvalue weighted by Crippen LogP contribution is -2.65. The Morgan fingerprint density at radius 1 is 1.22 bits per heavy atom. The summed E-state index contributed by atoms with van der Waals surface area (Å²) in [6.07, 6.45) is 3.28. The van der Waals surface area contributed by atoms with Gasteiger partial charge in [0.15, 0.2) is 5.65 Å². The predicted octanol–water partition coefficient (Wildman–Crippen LogP) is 1.89. The lowest BCUT2D eigenvalue weighted by Gasteiger charge is -2.56. The number of aromatic amines is 1. The standard InChI is InChI=1S/C17H23N5O/c1-11-10-13(14-12(2)19-20-15(14)18-11)16(23)22-9-6-17(22)4-7-21(3)8-5-17/h10H,4-9H2,1-3H3,(H,18,19,20). The van der Waals surface area contributed by atoms with E-state index in [9.17, 15) is 4.79 Å². The number of hydrogen-bond donors (Lipinski definition) is 1. The number of aryl methyl sites for hydroxylation is 2. The number of aromatic nitrogens is 3. The molecule has 1 spiro atoms. The third kappa shape index (κ3) is 2.16. The molecule has 0 saturated carbocycles. The summed E-state index contributed by atoms with van der Waals surface area (Å²) in [5.41, 5.74) is 3.21. The smallest absolute Gasteiger partial charge is 0.255 e. The van der Waals surface area contributed by atoms with Crippen LogP contribution in [0.4, 0.5) is 0 Å². The van der Waals surface area contributed by atoms with E-state index in [0.717, 1.165) is 61.2 Å². The number of pyridine rings is 1. The number of rotatable bonds is 1. The lowest BCUT2D eigenvalue weighted by molar-refractivity contribution is -0.0349. The van der Waals surface area contributed by atoms with Crippen molar-refractivity contribution in [1.82, 2.24) is 25.0 Å². The molecule has 2 saturated heterocycles. The van der Waals surface area contributed by atoms with Crippen molar-refractivity contribution in [2.24, 2.45) is 0 Å². The number of hydrogen-bond acceptors (Lipinski definition) is 4. The Bertz CT molecular complexity index is 773. The predicted molar refractivity (Wildman–Crippen MR) is 88.5 cm³/mol. The van der Waals surface area contributed by atoms with E-state index in [4.69, 9.17) is 0 Å². The molecule has 1 N–H and O–H groups in total. The van der Waals surface area contributed by atoms with Crippen LogP contribution in [0.5, 0.6) is 0 Å². The van der Waals surface area contributed by atoms with E-state index < -0.39 is 0 Å². The van der Waals surface area contributed by atoms with Crippen LogP contribution < -0.4 is 0 Å². The van der Waals surface area contributed by atoms with Gasteiger partial charge >= 0.3 is 0 Å². The minimum atomic E-state index is 0.0741. The number of H-pyrrole nitrogens is 1. The Labute approximate surface area is 135 Å². The zero-order chi connectivity index (χ0) is 16.2.